The van der Waals surface area contributed by atoms with E-state index in [4.69, 9.17) is 0 Å². The molecule has 1 aromatic heterocycles. The number of H-pyrrole nitrogens is 1. The molecular formula is C14H19N5O. The van der Waals surface area contributed by atoms with Crippen LogP contribution < -0.4 is 5.32 Å². The van der Waals surface area contributed by atoms with Crippen molar-refractivity contribution in [2.45, 2.75) is 19.3 Å². The Hall–Kier alpha value is -1.95. The Kier molecular flexibility index (Phi) is 3.92. The van der Waals surface area contributed by atoms with E-state index in [0.29, 0.717) is 17.6 Å². The van der Waals surface area contributed by atoms with Crippen LogP contribution in [0.25, 0.3) is 11.0 Å². The van der Waals surface area contributed by atoms with Crippen LogP contribution in [0.4, 0.5) is 0 Å². The number of nitrogens with one attached hydrogen (secondary N) is 2. The van der Waals surface area contributed by atoms with E-state index in [-0.39, 0.29) is 5.91 Å². The highest BCUT2D eigenvalue weighted by Crippen LogP contribution is 2.10. The van der Waals surface area contributed by atoms with Crippen molar-refractivity contribution in [1.29, 1.82) is 0 Å². The van der Waals surface area contributed by atoms with Gasteiger partial charge in [0.15, 0.2) is 0 Å². The average Bonchev–Trinajstić information content (AvgIpc) is 2.95. The molecule has 0 saturated carbocycles. The fourth-order valence-electron chi connectivity index (χ4n) is 2.59. The number of fused-ring (bicyclic) bond motifs is 1. The summed E-state index contributed by atoms with van der Waals surface area (Å²) in [6, 6.07) is 5.34. The molecule has 1 aromatic carbocycles. The summed E-state index contributed by atoms with van der Waals surface area (Å²) in [6.07, 6.45) is 3.88. The standard InChI is InChI=1S/C14H19N5O/c20-14(15-6-9-19-7-2-1-3-8-19)11-4-5-12-13(10-11)17-18-16-12/h4-5,10H,1-3,6-9H2,(H,15,20)(H,16,17,18). The largest absolute Gasteiger partial charge is 0.351 e. The maximum absolute atomic E-state index is 12.1. The molecule has 0 bridgehead atoms. The molecule has 0 radical (unpaired) electrons. The summed E-state index contributed by atoms with van der Waals surface area (Å²) in [4.78, 5) is 14.5. The Balaban J connectivity index is 1.53. The molecular weight excluding hydrogens is 254 g/mol. The second-order valence-electron chi connectivity index (χ2n) is 5.19. The van der Waals surface area contributed by atoms with Gasteiger partial charge in [0.2, 0.25) is 0 Å². The van der Waals surface area contributed by atoms with Crippen molar-refractivity contribution in [2.75, 3.05) is 26.2 Å². The Morgan fingerprint density at radius 2 is 2.00 bits per heavy atom. The highest BCUT2D eigenvalue weighted by atomic mass is 16.1. The molecule has 0 aliphatic carbocycles. The summed E-state index contributed by atoms with van der Waals surface area (Å²) in [5, 5.41) is 13.5. The van der Waals surface area contributed by atoms with Gasteiger partial charge in [-0.3, -0.25) is 4.79 Å². The minimum Gasteiger partial charge on any atom is -0.351 e. The van der Waals surface area contributed by atoms with Crippen LogP contribution in [0.1, 0.15) is 29.6 Å². The first-order valence-electron chi connectivity index (χ1n) is 7.14. The lowest BCUT2D eigenvalue weighted by atomic mass is 10.1. The quantitative estimate of drug-likeness (QED) is 0.877. The van der Waals surface area contributed by atoms with E-state index < -0.39 is 0 Å². The molecule has 2 N–H and O–H groups in total. The van der Waals surface area contributed by atoms with Gasteiger partial charge in [-0.2, -0.15) is 15.4 Å². The fraction of sp³-hybridized carbons (Fsp3) is 0.500. The first kappa shape index (κ1) is 13.1. The summed E-state index contributed by atoms with van der Waals surface area (Å²) >= 11 is 0. The lowest BCUT2D eigenvalue weighted by Gasteiger charge is -2.26. The van der Waals surface area contributed by atoms with Gasteiger partial charge in [-0.05, 0) is 44.1 Å². The van der Waals surface area contributed by atoms with Gasteiger partial charge in [-0.15, -0.1) is 0 Å². The van der Waals surface area contributed by atoms with E-state index >= 15 is 0 Å². The topological polar surface area (TPSA) is 73.9 Å². The number of aromatic nitrogens is 3. The molecule has 0 spiro atoms. The number of carbonyl (C=O) groups is 1. The van der Waals surface area contributed by atoms with E-state index in [1.807, 2.05) is 0 Å². The van der Waals surface area contributed by atoms with Gasteiger partial charge in [0.25, 0.3) is 5.91 Å². The Morgan fingerprint density at radius 3 is 2.85 bits per heavy atom. The average molecular weight is 273 g/mol. The number of likely N-dealkylation sites (tertiary alicyclic amines) is 1. The first-order valence-corrected chi connectivity index (χ1v) is 7.14. The molecule has 3 rings (SSSR count). The van der Waals surface area contributed by atoms with Crippen LogP contribution in [0.15, 0.2) is 18.2 Å². The third-order valence-corrected chi connectivity index (χ3v) is 3.74. The number of piperidine rings is 1. The SMILES string of the molecule is O=C(NCCN1CCCCC1)c1ccc2n[nH]nc2c1. The molecule has 1 aliphatic rings. The zero-order valence-electron chi connectivity index (χ0n) is 11.4. The van der Waals surface area contributed by atoms with Crippen molar-refractivity contribution < 1.29 is 4.79 Å². The lowest BCUT2D eigenvalue weighted by molar-refractivity contribution is 0.0946. The van der Waals surface area contributed by atoms with Gasteiger partial charge in [0.1, 0.15) is 11.0 Å². The van der Waals surface area contributed by atoms with Crippen LogP contribution in [-0.4, -0.2) is 52.4 Å². The second-order valence-corrected chi connectivity index (χ2v) is 5.19. The van der Waals surface area contributed by atoms with Crippen molar-refractivity contribution in [1.82, 2.24) is 25.6 Å². The summed E-state index contributed by atoms with van der Waals surface area (Å²) in [6.45, 7) is 3.93. The number of benzene rings is 1. The summed E-state index contributed by atoms with van der Waals surface area (Å²) in [7, 11) is 0. The highest BCUT2D eigenvalue weighted by molar-refractivity contribution is 5.97. The van der Waals surface area contributed by atoms with Crippen LogP contribution >= 0.6 is 0 Å². The number of amides is 1. The zero-order chi connectivity index (χ0) is 13.8. The van der Waals surface area contributed by atoms with E-state index in [1.54, 1.807) is 18.2 Å². The molecule has 1 fully saturated rings. The van der Waals surface area contributed by atoms with Gasteiger partial charge in [0.05, 0.1) is 0 Å². The molecule has 2 heterocycles. The normalized spacial score (nSPS) is 16.4. The number of hydrogen-bond acceptors (Lipinski definition) is 4. The van der Waals surface area contributed by atoms with E-state index in [9.17, 15) is 4.79 Å². The van der Waals surface area contributed by atoms with Crippen molar-refractivity contribution in [3.8, 4) is 0 Å². The number of nitrogens with zero attached hydrogens (tertiary/aromatic N) is 3. The van der Waals surface area contributed by atoms with Crippen LogP contribution in [0, 0.1) is 0 Å². The number of rotatable bonds is 4. The Morgan fingerprint density at radius 1 is 1.20 bits per heavy atom. The summed E-state index contributed by atoms with van der Waals surface area (Å²) in [5.41, 5.74) is 2.12. The van der Waals surface area contributed by atoms with Gasteiger partial charge >= 0.3 is 0 Å². The second kappa shape index (κ2) is 6.00. The van der Waals surface area contributed by atoms with Gasteiger partial charge in [-0.25, -0.2) is 0 Å². The van der Waals surface area contributed by atoms with Crippen molar-refractivity contribution in [2.24, 2.45) is 0 Å². The smallest absolute Gasteiger partial charge is 0.251 e. The monoisotopic (exact) mass is 273 g/mol. The van der Waals surface area contributed by atoms with Gasteiger partial charge in [0, 0.05) is 18.7 Å². The van der Waals surface area contributed by atoms with Crippen molar-refractivity contribution in [3.63, 3.8) is 0 Å². The third-order valence-electron chi connectivity index (χ3n) is 3.74. The minimum absolute atomic E-state index is 0.0492. The molecule has 1 amide bonds. The first-order chi connectivity index (χ1) is 9.83. The predicted octanol–water partition coefficient (Wildman–Crippen LogP) is 1.17. The minimum atomic E-state index is -0.0492. The van der Waals surface area contributed by atoms with Crippen LogP contribution in [0.5, 0.6) is 0 Å². The molecule has 0 atom stereocenters. The van der Waals surface area contributed by atoms with E-state index in [1.165, 1.54) is 19.3 Å². The van der Waals surface area contributed by atoms with Crippen LogP contribution in [0.3, 0.4) is 0 Å². The number of hydrogen-bond donors (Lipinski definition) is 2. The fourth-order valence-corrected chi connectivity index (χ4v) is 2.59. The molecule has 1 saturated heterocycles. The summed E-state index contributed by atoms with van der Waals surface area (Å²) in [5.74, 6) is -0.0492. The van der Waals surface area contributed by atoms with E-state index in [2.05, 4.69) is 25.6 Å². The maximum atomic E-state index is 12.1. The number of aromatic amines is 1. The third kappa shape index (κ3) is 2.96. The molecule has 0 unspecified atom stereocenters. The van der Waals surface area contributed by atoms with Crippen molar-refractivity contribution >= 4 is 16.9 Å². The predicted molar refractivity (Wildman–Crippen MR) is 76.5 cm³/mol. The number of carbonyl (C=O) groups excluding carboxylic acids is 1. The molecule has 106 valence electrons. The van der Waals surface area contributed by atoms with Crippen LogP contribution in [0.2, 0.25) is 0 Å². The van der Waals surface area contributed by atoms with Gasteiger partial charge < -0.3 is 10.2 Å². The van der Waals surface area contributed by atoms with Crippen molar-refractivity contribution in [3.05, 3.63) is 23.8 Å². The lowest BCUT2D eigenvalue weighted by Crippen LogP contribution is -2.37. The maximum Gasteiger partial charge on any atom is 0.251 e. The molecule has 1 aliphatic heterocycles. The molecule has 6 nitrogen and oxygen atoms in total. The zero-order valence-corrected chi connectivity index (χ0v) is 11.4. The highest BCUT2D eigenvalue weighted by Gasteiger charge is 2.11. The Labute approximate surface area is 117 Å². The molecule has 2 aromatic rings. The van der Waals surface area contributed by atoms with Crippen LogP contribution in [-0.2, 0) is 0 Å². The Bertz CT molecular complexity index is 588. The summed E-state index contributed by atoms with van der Waals surface area (Å²) < 4.78 is 0. The molecule has 20 heavy (non-hydrogen) atoms. The van der Waals surface area contributed by atoms with Gasteiger partial charge in [-0.1, -0.05) is 6.42 Å². The van der Waals surface area contributed by atoms with E-state index in [0.717, 1.165) is 25.2 Å². The molecule has 6 heteroatoms.